The standard InChI is InChI=1S/C17H35NS/c1-8-17(9-2,19-7)13-18-14-10-15(3,4)12-16(5,6)11-14/h14,18H,8-13H2,1-7H3. The quantitative estimate of drug-likeness (QED) is 0.728. The van der Waals surface area contributed by atoms with Gasteiger partial charge >= 0.3 is 0 Å². The Labute approximate surface area is 125 Å². The summed E-state index contributed by atoms with van der Waals surface area (Å²) in [5.74, 6) is 0. The van der Waals surface area contributed by atoms with Crippen molar-refractivity contribution in [3.63, 3.8) is 0 Å². The molecule has 1 aliphatic carbocycles. The van der Waals surface area contributed by atoms with Gasteiger partial charge in [0.05, 0.1) is 0 Å². The molecule has 0 saturated heterocycles. The molecule has 1 rings (SSSR count). The van der Waals surface area contributed by atoms with Gasteiger partial charge in [-0.1, -0.05) is 41.5 Å². The summed E-state index contributed by atoms with van der Waals surface area (Å²) in [5, 5.41) is 3.91. The second-order valence-electron chi connectivity index (χ2n) is 8.09. The lowest BCUT2D eigenvalue weighted by molar-refractivity contribution is 0.0839. The fourth-order valence-corrected chi connectivity index (χ4v) is 4.99. The first-order chi connectivity index (χ1) is 8.67. The summed E-state index contributed by atoms with van der Waals surface area (Å²) in [6, 6.07) is 0.698. The highest BCUT2D eigenvalue weighted by atomic mass is 32.2. The fourth-order valence-electron chi connectivity index (χ4n) is 4.18. The summed E-state index contributed by atoms with van der Waals surface area (Å²) in [5.41, 5.74) is 0.972. The van der Waals surface area contributed by atoms with Gasteiger partial charge in [0.25, 0.3) is 0 Å². The Balaban J connectivity index is 2.62. The first-order valence-corrected chi connectivity index (χ1v) is 9.18. The van der Waals surface area contributed by atoms with Crippen LogP contribution in [0.15, 0.2) is 0 Å². The molecular weight excluding hydrogens is 250 g/mol. The van der Waals surface area contributed by atoms with E-state index in [1.54, 1.807) is 0 Å². The van der Waals surface area contributed by atoms with Gasteiger partial charge in [0.15, 0.2) is 0 Å². The van der Waals surface area contributed by atoms with Crippen molar-refractivity contribution in [2.45, 2.75) is 84.4 Å². The molecule has 114 valence electrons. The highest BCUT2D eigenvalue weighted by molar-refractivity contribution is 8.00. The monoisotopic (exact) mass is 285 g/mol. The molecule has 1 aliphatic rings. The summed E-state index contributed by atoms with van der Waals surface area (Å²) < 4.78 is 0.436. The minimum atomic E-state index is 0.436. The number of rotatable bonds is 6. The van der Waals surface area contributed by atoms with E-state index in [0.717, 1.165) is 6.54 Å². The molecule has 0 aromatic carbocycles. The van der Waals surface area contributed by atoms with E-state index in [2.05, 4.69) is 53.1 Å². The Morgan fingerprint density at radius 2 is 1.53 bits per heavy atom. The largest absolute Gasteiger partial charge is 0.313 e. The molecule has 2 heteroatoms. The van der Waals surface area contributed by atoms with Gasteiger partial charge in [-0.2, -0.15) is 11.8 Å². The summed E-state index contributed by atoms with van der Waals surface area (Å²) in [4.78, 5) is 0. The zero-order chi connectivity index (χ0) is 14.7. The van der Waals surface area contributed by atoms with Crippen LogP contribution in [0.5, 0.6) is 0 Å². The van der Waals surface area contributed by atoms with Crippen molar-refractivity contribution in [2.75, 3.05) is 12.8 Å². The predicted octanol–water partition coefficient (Wildman–Crippen LogP) is 5.10. The molecule has 1 saturated carbocycles. The van der Waals surface area contributed by atoms with Gasteiger partial charge in [0.1, 0.15) is 0 Å². The van der Waals surface area contributed by atoms with E-state index in [9.17, 15) is 0 Å². The van der Waals surface area contributed by atoms with Crippen LogP contribution in [0.2, 0.25) is 0 Å². The van der Waals surface area contributed by atoms with Crippen molar-refractivity contribution >= 4 is 11.8 Å². The average molecular weight is 286 g/mol. The van der Waals surface area contributed by atoms with Crippen LogP contribution in [0.1, 0.15) is 73.6 Å². The number of nitrogens with one attached hydrogen (secondary N) is 1. The molecule has 1 fully saturated rings. The summed E-state index contributed by atoms with van der Waals surface area (Å²) in [6.07, 6.45) is 8.80. The van der Waals surface area contributed by atoms with Crippen LogP contribution in [-0.4, -0.2) is 23.6 Å². The van der Waals surface area contributed by atoms with Crippen molar-refractivity contribution in [2.24, 2.45) is 10.8 Å². The number of hydrogen-bond acceptors (Lipinski definition) is 2. The molecule has 0 bridgehead atoms. The van der Waals surface area contributed by atoms with Crippen molar-refractivity contribution in [1.82, 2.24) is 5.32 Å². The predicted molar refractivity (Wildman–Crippen MR) is 90.0 cm³/mol. The van der Waals surface area contributed by atoms with Crippen LogP contribution in [0.4, 0.5) is 0 Å². The van der Waals surface area contributed by atoms with Crippen molar-refractivity contribution in [3.8, 4) is 0 Å². The molecule has 0 atom stereocenters. The Kier molecular flexibility index (Phi) is 5.84. The van der Waals surface area contributed by atoms with Gasteiger partial charge < -0.3 is 5.32 Å². The SMILES string of the molecule is CCC(CC)(CNC1CC(C)(C)CC(C)(C)C1)SC. The Morgan fingerprint density at radius 1 is 1.05 bits per heavy atom. The van der Waals surface area contributed by atoms with E-state index < -0.39 is 0 Å². The second-order valence-corrected chi connectivity index (χ2v) is 9.36. The van der Waals surface area contributed by atoms with E-state index in [1.807, 2.05) is 11.8 Å². The van der Waals surface area contributed by atoms with Gasteiger partial charge in [-0.3, -0.25) is 0 Å². The van der Waals surface area contributed by atoms with E-state index in [-0.39, 0.29) is 0 Å². The molecule has 0 aromatic rings. The molecule has 0 unspecified atom stereocenters. The normalized spacial score (nSPS) is 23.5. The van der Waals surface area contributed by atoms with E-state index in [1.165, 1.54) is 32.1 Å². The Hall–Kier alpha value is 0.310. The number of hydrogen-bond donors (Lipinski definition) is 1. The third-order valence-electron chi connectivity index (χ3n) is 4.99. The Bertz CT molecular complexity index is 255. The van der Waals surface area contributed by atoms with Crippen LogP contribution in [0.25, 0.3) is 0 Å². The zero-order valence-corrected chi connectivity index (χ0v) is 15.0. The first-order valence-electron chi connectivity index (χ1n) is 7.96. The second kappa shape index (κ2) is 6.39. The molecule has 0 radical (unpaired) electrons. The average Bonchev–Trinajstić information content (AvgIpc) is 2.27. The summed E-state index contributed by atoms with van der Waals surface area (Å²) >= 11 is 2.04. The Morgan fingerprint density at radius 3 is 1.89 bits per heavy atom. The smallest absolute Gasteiger partial charge is 0.0276 e. The molecule has 19 heavy (non-hydrogen) atoms. The van der Waals surface area contributed by atoms with Crippen LogP contribution in [-0.2, 0) is 0 Å². The van der Waals surface area contributed by atoms with Gasteiger partial charge in [-0.15, -0.1) is 0 Å². The van der Waals surface area contributed by atoms with E-state index >= 15 is 0 Å². The molecule has 0 aromatic heterocycles. The third-order valence-corrected chi connectivity index (χ3v) is 6.58. The molecule has 0 spiro atoms. The van der Waals surface area contributed by atoms with Gasteiger partial charge in [0, 0.05) is 17.3 Å². The lowest BCUT2D eigenvalue weighted by Crippen LogP contribution is -2.48. The highest BCUT2D eigenvalue weighted by Gasteiger charge is 2.39. The van der Waals surface area contributed by atoms with Crippen LogP contribution >= 0.6 is 11.8 Å². The highest BCUT2D eigenvalue weighted by Crippen LogP contribution is 2.45. The minimum absolute atomic E-state index is 0.436. The molecule has 0 amide bonds. The topological polar surface area (TPSA) is 12.0 Å². The maximum absolute atomic E-state index is 3.91. The van der Waals surface area contributed by atoms with Crippen molar-refractivity contribution < 1.29 is 0 Å². The minimum Gasteiger partial charge on any atom is -0.313 e. The van der Waals surface area contributed by atoms with Crippen molar-refractivity contribution in [1.29, 1.82) is 0 Å². The summed E-state index contributed by atoms with van der Waals surface area (Å²) in [6.45, 7) is 15.6. The lowest BCUT2D eigenvalue weighted by atomic mass is 9.63. The third kappa shape index (κ3) is 4.97. The fraction of sp³-hybridized carbons (Fsp3) is 1.00. The molecule has 1 nitrogen and oxygen atoms in total. The van der Waals surface area contributed by atoms with Crippen LogP contribution in [0, 0.1) is 10.8 Å². The molecule has 0 heterocycles. The number of thioether (sulfide) groups is 1. The van der Waals surface area contributed by atoms with Crippen molar-refractivity contribution in [3.05, 3.63) is 0 Å². The van der Waals surface area contributed by atoms with Gasteiger partial charge in [0.2, 0.25) is 0 Å². The van der Waals surface area contributed by atoms with Crippen LogP contribution in [0.3, 0.4) is 0 Å². The first kappa shape index (κ1) is 17.4. The molecule has 1 N–H and O–H groups in total. The van der Waals surface area contributed by atoms with Crippen LogP contribution < -0.4 is 5.32 Å². The molecule has 0 aliphatic heterocycles. The maximum atomic E-state index is 3.91. The van der Waals surface area contributed by atoms with E-state index in [4.69, 9.17) is 0 Å². The van der Waals surface area contributed by atoms with Gasteiger partial charge in [-0.05, 0) is 49.2 Å². The maximum Gasteiger partial charge on any atom is 0.0276 e. The molecular formula is C17H35NS. The zero-order valence-electron chi connectivity index (χ0n) is 14.2. The summed E-state index contributed by atoms with van der Waals surface area (Å²) in [7, 11) is 0. The van der Waals surface area contributed by atoms with E-state index in [0.29, 0.717) is 21.6 Å². The van der Waals surface area contributed by atoms with Gasteiger partial charge in [-0.25, -0.2) is 0 Å². The lowest BCUT2D eigenvalue weighted by Gasteiger charge is -2.46.